The highest BCUT2D eigenvalue weighted by Gasteiger charge is 2.49. The van der Waals surface area contributed by atoms with Crippen molar-refractivity contribution in [3.05, 3.63) is 35.6 Å². The maximum Gasteiger partial charge on any atom is 0.325 e. The molecule has 26 heavy (non-hydrogen) atoms. The minimum absolute atomic E-state index is 0. The second kappa shape index (κ2) is 7.59. The molecule has 0 spiro atoms. The van der Waals surface area contributed by atoms with Crippen molar-refractivity contribution in [3.8, 4) is 0 Å². The van der Waals surface area contributed by atoms with Crippen molar-refractivity contribution in [2.45, 2.75) is 25.4 Å². The third-order valence-electron chi connectivity index (χ3n) is 4.81. The molecule has 3 rings (SSSR count). The molecule has 2 N–H and O–H groups in total. The van der Waals surface area contributed by atoms with Gasteiger partial charge in [0.05, 0.1) is 0 Å². The standard InChI is InChI=1S/C17H21FN4O3.ClH/c1-11-9-19-7-8-21(11)14(23)10-22-15(24)17(2,20-16(22)25)12-3-5-13(18)6-4-12;/h3-6,11,19H,7-10H2,1-2H3,(H,20,25);1H/t11-,17?;/m1./s1. The largest absolute Gasteiger partial charge is 0.336 e. The van der Waals surface area contributed by atoms with E-state index in [0.29, 0.717) is 25.2 Å². The number of hydrogen-bond donors (Lipinski definition) is 2. The van der Waals surface area contributed by atoms with Crippen LogP contribution in [0.3, 0.4) is 0 Å². The number of urea groups is 1. The van der Waals surface area contributed by atoms with Crippen molar-refractivity contribution in [1.29, 1.82) is 0 Å². The lowest BCUT2D eigenvalue weighted by atomic mass is 9.92. The van der Waals surface area contributed by atoms with Crippen LogP contribution in [-0.4, -0.2) is 59.9 Å². The first kappa shape index (κ1) is 20.1. The molecule has 0 aromatic heterocycles. The fraction of sp³-hybridized carbons (Fsp3) is 0.471. The Hall–Kier alpha value is -2.19. The molecule has 1 aromatic carbocycles. The molecule has 4 amide bonds. The average molecular weight is 385 g/mol. The van der Waals surface area contributed by atoms with Gasteiger partial charge in [-0.1, -0.05) is 12.1 Å². The van der Waals surface area contributed by atoms with Gasteiger partial charge in [0.25, 0.3) is 5.91 Å². The van der Waals surface area contributed by atoms with E-state index in [1.807, 2.05) is 6.92 Å². The van der Waals surface area contributed by atoms with Crippen LogP contribution in [0.4, 0.5) is 9.18 Å². The Bertz CT molecular complexity index is 714. The van der Waals surface area contributed by atoms with Crippen molar-refractivity contribution >= 4 is 30.3 Å². The second-order valence-electron chi connectivity index (χ2n) is 6.59. The van der Waals surface area contributed by atoms with Gasteiger partial charge in [-0.25, -0.2) is 9.18 Å². The fourth-order valence-electron chi connectivity index (χ4n) is 3.26. The molecule has 2 aliphatic rings. The Balaban J connectivity index is 0.00000243. The Morgan fingerprint density at radius 2 is 1.96 bits per heavy atom. The van der Waals surface area contributed by atoms with Crippen molar-refractivity contribution in [2.75, 3.05) is 26.2 Å². The maximum absolute atomic E-state index is 13.1. The topological polar surface area (TPSA) is 81.8 Å². The fourth-order valence-corrected chi connectivity index (χ4v) is 3.26. The van der Waals surface area contributed by atoms with Crippen LogP contribution in [-0.2, 0) is 15.1 Å². The van der Waals surface area contributed by atoms with Crippen LogP contribution in [0.2, 0.25) is 0 Å². The number of imide groups is 1. The van der Waals surface area contributed by atoms with E-state index < -0.39 is 23.3 Å². The summed E-state index contributed by atoms with van der Waals surface area (Å²) in [4.78, 5) is 40.2. The van der Waals surface area contributed by atoms with Gasteiger partial charge < -0.3 is 15.5 Å². The van der Waals surface area contributed by atoms with Crippen molar-refractivity contribution in [2.24, 2.45) is 0 Å². The molecule has 0 saturated carbocycles. The first-order chi connectivity index (χ1) is 11.8. The van der Waals surface area contributed by atoms with Crippen molar-refractivity contribution < 1.29 is 18.8 Å². The highest BCUT2D eigenvalue weighted by molar-refractivity contribution is 6.09. The van der Waals surface area contributed by atoms with Crippen LogP contribution in [0.15, 0.2) is 24.3 Å². The van der Waals surface area contributed by atoms with Gasteiger partial charge in [0.15, 0.2) is 0 Å². The molecule has 142 valence electrons. The number of nitrogens with one attached hydrogen (secondary N) is 2. The summed E-state index contributed by atoms with van der Waals surface area (Å²) >= 11 is 0. The first-order valence-electron chi connectivity index (χ1n) is 8.23. The van der Waals surface area contributed by atoms with E-state index in [0.717, 1.165) is 4.90 Å². The van der Waals surface area contributed by atoms with Crippen LogP contribution < -0.4 is 10.6 Å². The quantitative estimate of drug-likeness (QED) is 0.756. The Morgan fingerprint density at radius 3 is 2.58 bits per heavy atom. The number of nitrogens with zero attached hydrogens (tertiary/aromatic N) is 2. The molecule has 7 nitrogen and oxygen atoms in total. The smallest absolute Gasteiger partial charge is 0.325 e. The zero-order valence-electron chi connectivity index (χ0n) is 14.6. The molecule has 2 atom stereocenters. The van der Waals surface area contributed by atoms with Gasteiger partial charge in [-0.15, -0.1) is 12.4 Å². The highest BCUT2D eigenvalue weighted by Crippen LogP contribution is 2.29. The van der Waals surface area contributed by atoms with Gasteiger partial charge in [-0.2, -0.15) is 0 Å². The van der Waals surface area contributed by atoms with E-state index in [2.05, 4.69) is 10.6 Å². The number of amides is 4. The van der Waals surface area contributed by atoms with Crippen LogP contribution in [0.5, 0.6) is 0 Å². The maximum atomic E-state index is 13.1. The summed E-state index contributed by atoms with van der Waals surface area (Å²) in [6.45, 7) is 5.07. The predicted octanol–water partition coefficient (Wildman–Crippen LogP) is 0.835. The summed E-state index contributed by atoms with van der Waals surface area (Å²) in [6.07, 6.45) is 0. The summed E-state index contributed by atoms with van der Waals surface area (Å²) in [7, 11) is 0. The monoisotopic (exact) mass is 384 g/mol. The molecule has 2 fully saturated rings. The Morgan fingerprint density at radius 1 is 1.31 bits per heavy atom. The van der Waals surface area contributed by atoms with Gasteiger partial charge in [0.2, 0.25) is 5.91 Å². The zero-order valence-corrected chi connectivity index (χ0v) is 15.4. The lowest BCUT2D eigenvalue weighted by Crippen LogP contribution is -2.55. The van der Waals surface area contributed by atoms with Gasteiger partial charge in [0.1, 0.15) is 17.9 Å². The van der Waals surface area contributed by atoms with E-state index >= 15 is 0 Å². The van der Waals surface area contributed by atoms with Gasteiger partial charge in [-0.3, -0.25) is 14.5 Å². The second-order valence-corrected chi connectivity index (χ2v) is 6.59. The molecule has 1 aromatic rings. The number of piperazine rings is 1. The summed E-state index contributed by atoms with van der Waals surface area (Å²) in [5, 5.41) is 5.80. The van der Waals surface area contributed by atoms with Gasteiger partial charge in [-0.05, 0) is 31.5 Å². The van der Waals surface area contributed by atoms with Crippen LogP contribution in [0.1, 0.15) is 19.4 Å². The number of hydrogen-bond acceptors (Lipinski definition) is 4. The normalized spacial score (nSPS) is 25.7. The molecule has 2 saturated heterocycles. The number of rotatable bonds is 3. The molecule has 2 aliphatic heterocycles. The van der Waals surface area contributed by atoms with E-state index in [-0.39, 0.29) is 30.9 Å². The number of benzene rings is 1. The lowest BCUT2D eigenvalue weighted by molar-refractivity contribution is -0.140. The van der Waals surface area contributed by atoms with Crippen LogP contribution >= 0.6 is 12.4 Å². The molecule has 0 radical (unpaired) electrons. The zero-order chi connectivity index (χ0) is 18.2. The number of carbonyl (C=O) groups excluding carboxylic acids is 3. The number of halogens is 2. The first-order valence-corrected chi connectivity index (χ1v) is 8.23. The predicted molar refractivity (Wildman–Crippen MR) is 95.3 cm³/mol. The Labute approximate surface area is 157 Å². The van der Waals surface area contributed by atoms with E-state index in [1.165, 1.54) is 24.3 Å². The van der Waals surface area contributed by atoms with Crippen molar-refractivity contribution in [3.63, 3.8) is 0 Å². The lowest BCUT2D eigenvalue weighted by Gasteiger charge is -2.34. The molecule has 0 bridgehead atoms. The molecule has 2 heterocycles. The molecular formula is C17H22ClFN4O3. The minimum atomic E-state index is -1.31. The SMILES string of the molecule is C[C@@H]1CNCCN1C(=O)CN1C(=O)NC(C)(c2ccc(F)cc2)C1=O.Cl. The third kappa shape index (κ3) is 3.52. The summed E-state index contributed by atoms with van der Waals surface area (Å²) in [5.74, 6) is -1.20. The van der Waals surface area contributed by atoms with Crippen molar-refractivity contribution in [1.82, 2.24) is 20.4 Å². The molecule has 9 heteroatoms. The van der Waals surface area contributed by atoms with Gasteiger partial charge >= 0.3 is 6.03 Å². The average Bonchev–Trinajstić information content (AvgIpc) is 2.80. The number of carbonyl (C=O) groups is 3. The summed E-state index contributed by atoms with van der Waals surface area (Å²) in [6, 6.07) is 4.76. The van der Waals surface area contributed by atoms with E-state index in [1.54, 1.807) is 11.8 Å². The third-order valence-corrected chi connectivity index (χ3v) is 4.81. The minimum Gasteiger partial charge on any atom is -0.336 e. The molecular weight excluding hydrogens is 363 g/mol. The van der Waals surface area contributed by atoms with Crippen LogP contribution in [0, 0.1) is 5.82 Å². The molecule has 1 unspecified atom stereocenters. The summed E-state index contributed by atoms with van der Waals surface area (Å²) < 4.78 is 13.1. The Kier molecular flexibility index (Phi) is 5.87. The highest BCUT2D eigenvalue weighted by atomic mass is 35.5. The van der Waals surface area contributed by atoms with E-state index in [9.17, 15) is 18.8 Å². The van der Waals surface area contributed by atoms with Crippen LogP contribution in [0.25, 0.3) is 0 Å². The van der Waals surface area contributed by atoms with Gasteiger partial charge in [0, 0.05) is 25.7 Å². The molecule has 0 aliphatic carbocycles. The van der Waals surface area contributed by atoms with E-state index in [4.69, 9.17) is 0 Å². The summed E-state index contributed by atoms with van der Waals surface area (Å²) in [5.41, 5.74) is -0.835.